The first-order valence-electron chi connectivity index (χ1n) is 5.04. The number of nitrogens with zero attached hydrogens (tertiary/aromatic N) is 1. The van der Waals surface area contributed by atoms with Crippen LogP contribution in [0.2, 0.25) is 0 Å². The van der Waals surface area contributed by atoms with E-state index in [1.165, 1.54) is 0 Å². The van der Waals surface area contributed by atoms with Gasteiger partial charge in [-0.25, -0.2) is 0 Å². The summed E-state index contributed by atoms with van der Waals surface area (Å²) < 4.78 is 5.22. The fourth-order valence-corrected chi connectivity index (χ4v) is 2.02. The SMILES string of the molecule is CO[C@H]1CCN(C(=O)C2CC2C)C1. The van der Waals surface area contributed by atoms with Crippen molar-refractivity contribution in [2.75, 3.05) is 20.2 Å². The summed E-state index contributed by atoms with van der Waals surface area (Å²) in [6.45, 7) is 3.84. The standard InChI is InChI=1S/C10H17NO2/c1-7-5-9(7)10(12)11-4-3-8(6-11)13-2/h7-9H,3-6H2,1-2H3/t7?,8-,9?/m0/s1. The van der Waals surface area contributed by atoms with Crippen molar-refractivity contribution in [1.29, 1.82) is 0 Å². The molecule has 2 rings (SSSR count). The smallest absolute Gasteiger partial charge is 0.226 e. The van der Waals surface area contributed by atoms with E-state index in [1.54, 1.807) is 7.11 Å². The van der Waals surface area contributed by atoms with Crippen molar-refractivity contribution >= 4 is 5.91 Å². The Hall–Kier alpha value is -0.570. The number of rotatable bonds is 2. The van der Waals surface area contributed by atoms with E-state index in [0.29, 0.717) is 17.7 Å². The zero-order valence-electron chi connectivity index (χ0n) is 8.32. The lowest BCUT2D eigenvalue weighted by Crippen LogP contribution is -2.31. The number of likely N-dealkylation sites (tertiary alicyclic amines) is 1. The summed E-state index contributed by atoms with van der Waals surface area (Å²) in [5, 5.41) is 0. The molecule has 2 aliphatic rings. The fourth-order valence-electron chi connectivity index (χ4n) is 2.02. The highest BCUT2D eigenvalue weighted by Gasteiger charge is 2.42. The van der Waals surface area contributed by atoms with Crippen LogP contribution in [0.25, 0.3) is 0 Å². The average Bonchev–Trinajstić information content (AvgIpc) is 2.70. The van der Waals surface area contributed by atoms with Gasteiger partial charge in [0.15, 0.2) is 0 Å². The quantitative estimate of drug-likeness (QED) is 0.636. The van der Waals surface area contributed by atoms with E-state index in [2.05, 4.69) is 6.92 Å². The molecule has 3 nitrogen and oxygen atoms in total. The van der Waals surface area contributed by atoms with Gasteiger partial charge in [0.1, 0.15) is 0 Å². The van der Waals surface area contributed by atoms with Gasteiger partial charge < -0.3 is 9.64 Å². The van der Waals surface area contributed by atoms with E-state index >= 15 is 0 Å². The molecule has 0 N–H and O–H groups in total. The molecule has 0 spiro atoms. The Morgan fingerprint density at radius 2 is 2.23 bits per heavy atom. The molecule has 13 heavy (non-hydrogen) atoms. The second-order valence-corrected chi connectivity index (χ2v) is 4.25. The lowest BCUT2D eigenvalue weighted by atomic mass is 10.3. The molecule has 1 amide bonds. The maximum Gasteiger partial charge on any atom is 0.226 e. The fraction of sp³-hybridized carbons (Fsp3) is 0.900. The Bertz CT molecular complexity index is 217. The molecular weight excluding hydrogens is 166 g/mol. The summed E-state index contributed by atoms with van der Waals surface area (Å²) in [6.07, 6.45) is 2.37. The number of hydrogen-bond acceptors (Lipinski definition) is 2. The number of ether oxygens (including phenoxy) is 1. The summed E-state index contributed by atoms with van der Waals surface area (Å²) >= 11 is 0. The van der Waals surface area contributed by atoms with Crippen molar-refractivity contribution in [3.63, 3.8) is 0 Å². The molecule has 0 bridgehead atoms. The molecule has 1 saturated carbocycles. The Morgan fingerprint density at radius 1 is 1.54 bits per heavy atom. The Morgan fingerprint density at radius 3 is 2.69 bits per heavy atom. The van der Waals surface area contributed by atoms with Gasteiger partial charge >= 0.3 is 0 Å². The summed E-state index contributed by atoms with van der Waals surface area (Å²) in [7, 11) is 1.72. The largest absolute Gasteiger partial charge is 0.380 e. The normalized spacial score (nSPS) is 38.0. The first kappa shape index (κ1) is 9.00. The number of amides is 1. The van der Waals surface area contributed by atoms with Crippen LogP contribution in [0.4, 0.5) is 0 Å². The summed E-state index contributed by atoms with van der Waals surface area (Å²) in [5.74, 6) is 1.30. The zero-order valence-corrected chi connectivity index (χ0v) is 8.32. The maximum absolute atomic E-state index is 11.7. The summed E-state index contributed by atoms with van der Waals surface area (Å²) in [6, 6.07) is 0. The van der Waals surface area contributed by atoms with Gasteiger partial charge in [-0.2, -0.15) is 0 Å². The van der Waals surface area contributed by atoms with Gasteiger partial charge in [-0.1, -0.05) is 6.92 Å². The van der Waals surface area contributed by atoms with E-state index in [0.717, 1.165) is 25.9 Å². The van der Waals surface area contributed by atoms with Crippen LogP contribution in [-0.2, 0) is 9.53 Å². The van der Waals surface area contributed by atoms with E-state index in [1.807, 2.05) is 4.90 Å². The predicted molar refractivity (Wildman–Crippen MR) is 49.3 cm³/mol. The zero-order chi connectivity index (χ0) is 9.42. The molecule has 1 saturated heterocycles. The maximum atomic E-state index is 11.7. The van der Waals surface area contributed by atoms with Crippen LogP contribution >= 0.6 is 0 Å². The van der Waals surface area contributed by atoms with Crippen LogP contribution in [0, 0.1) is 11.8 Å². The number of carbonyl (C=O) groups excluding carboxylic acids is 1. The molecule has 2 unspecified atom stereocenters. The molecule has 3 heteroatoms. The molecule has 1 aliphatic carbocycles. The second-order valence-electron chi connectivity index (χ2n) is 4.25. The van der Waals surface area contributed by atoms with Crippen molar-refractivity contribution in [2.45, 2.75) is 25.9 Å². The highest BCUT2D eigenvalue weighted by molar-refractivity contribution is 5.81. The molecule has 3 atom stereocenters. The van der Waals surface area contributed by atoms with Crippen molar-refractivity contribution < 1.29 is 9.53 Å². The van der Waals surface area contributed by atoms with E-state index < -0.39 is 0 Å². The van der Waals surface area contributed by atoms with Gasteiger partial charge in [-0.3, -0.25) is 4.79 Å². The van der Waals surface area contributed by atoms with E-state index in [9.17, 15) is 4.79 Å². The van der Waals surface area contributed by atoms with Gasteiger partial charge in [-0.05, 0) is 18.8 Å². The highest BCUT2D eigenvalue weighted by Crippen LogP contribution is 2.39. The molecule has 0 aromatic carbocycles. The van der Waals surface area contributed by atoms with Gasteiger partial charge in [0.25, 0.3) is 0 Å². The Labute approximate surface area is 79.0 Å². The van der Waals surface area contributed by atoms with Gasteiger partial charge in [-0.15, -0.1) is 0 Å². The average molecular weight is 183 g/mol. The topological polar surface area (TPSA) is 29.5 Å². The van der Waals surface area contributed by atoms with Crippen molar-refractivity contribution in [3.05, 3.63) is 0 Å². The van der Waals surface area contributed by atoms with Crippen LogP contribution in [-0.4, -0.2) is 37.1 Å². The molecular formula is C10H17NO2. The molecule has 1 heterocycles. The molecule has 74 valence electrons. The predicted octanol–water partition coefficient (Wildman–Crippen LogP) is 0.890. The van der Waals surface area contributed by atoms with Gasteiger partial charge in [0.05, 0.1) is 6.10 Å². The van der Waals surface area contributed by atoms with Crippen LogP contribution in [0.1, 0.15) is 19.8 Å². The third-order valence-corrected chi connectivity index (χ3v) is 3.22. The Balaban J connectivity index is 1.85. The van der Waals surface area contributed by atoms with Crippen molar-refractivity contribution in [2.24, 2.45) is 11.8 Å². The molecule has 2 fully saturated rings. The van der Waals surface area contributed by atoms with Gasteiger partial charge in [0.2, 0.25) is 5.91 Å². The molecule has 0 aromatic heterocycles. The lowest BCUT2D eigenvalue weighted by Gasteiger charge is -2.15. The monoisotopic (exact) mass is 183 g/mol. The molecule has 0 aromatic rings. The Kier molecular flexibility index (Phi) is 2.28. The van der Waals surface area contributed by atoms with Crippen LogP contribution < -0.4 is 0 Å². The lowest BCUT2D eigenvalue weighted by molar-refractivity contribution is -0.132. The number of hydrogen-bond donors (Lipinski definition) is 0. The summed E-state index contributed by atoms with van der Waals surface area (Å²) in [4.78, 5) is 13.7. The third-order valence-electron chi connectivity index (χ3n) is 3.22. The molecule has 0 radical (unpaired) electrons. The van der Waals surface area contributed by atoms with E-state index in [-0.39, 0.29) is 6.10 Å². The number of carbonyl (C=O) groups is 1. The minimum absolute atomic E-state index is 0.276. The van der Waals surface area contributed by atoms with Crippen LogP contribution in [0.5, 0.6) is 0 Å². The van der Waals surface area contributed by atoms with Crippen molar-refractivity contribution in [3.8, 4) is 0 Å². The first-order valence-corrected chi connectivity index (χ1v) is 5.04. The third kappa shape index (κ3) is 1.70. The summed E-state index contributed by atoms with van der Waals surface area (Å²) in [5.41, 5.74) is 0. The minimum Gasteiger partial charge on any atom is -0.380 e. The second kappa shape index (κ2) is 3.29. The van der Waals surface area contributed by atoms with E-state index in [4.69, 9.17) is 4.74 Å². The minimum atomic E-state index is 0.276. The van der Waals surface area contributed by atoms with Crippen LogP contribution in [0.15, 0.2) is 0 Å². The number of methoxy groups -OCH3 is 1. The first-order chi connectivity index (χ1) is 6.22. The van der Waals surface area contributed by atoms with Crippen molar-refractivity contribution in [1.82, 2.24) is 4.90 Å². The van der Waals surface area contributed by atoms with Crippen LogP contribution in [0.3, 0.4) is 0 Å². The highest BCUT2D eigenvalue weighted by atomic mass is 16.5. The van der Waals surface area contributed by atoms with Gasteiger partial charge in [0, 0.05) is 26.1 Å². The molecule has 1 aliphatic heterocycles.